The van der Waals surface area contributed by atoms with Crippen molar-refractivity contribution in [3.05, 3.63) is 36.8 Å². The van der Waals surface area contributed by atoms with Crippen molar-refractivity contribution in [2.24, 2.45) is 0 Å². The standard InChI is InChI=1S/C13H10F3N8O4P/c14-13(15,16)11-21-10(24(22-11)6-28-29(25,26)27)8-9(7-4-17-5-19-7)23-3-1-2-18-12(23)20-8/h1-5H,6H2,(H,17,19)(H2,25,26,27). The number of hydrogen-bond donors (Lipinski definition) is 3. The third-order valence-corrected chi connectivity index (χ3v) is 4.09. The van der Waals surface area contributed by atoms with E-state index in [-0.39, 0.29) is 17.2 Å². The second-order valence-corrected chi connectivity index (χ2v) is 6.81. The second-order valence-electron chi connectivity index (χ2n) is 5.57. The zero-order valence-electron chi connectivity index (χ0n) is 14.0. The van der Waals surface area contributed by atoms with Crippen LogP contribution in [0.1, 0.15) is 5.82 Å². The Morgan fingerprint density at radius 2 is 2.07 bits per heavy atom. The van der Waals surface area contributed by atoms with Gasteiger partial charge in [-0.1, -0.05) is 0 Å². The summed E-state index contributed by atoms with van der Waals surface area (Å²) in [6, 6.07) is 1.58. The first kappa shape index (κ1) is 19.2. The number of imidazole rings is 2. The van der Waals surface area contributed by atoms with Gasteiger partial charge in [0.25, 0.3) is 5.82 Å². The maximum atomic E-state index is 13.2. The Morgan fingerprint density at radius 3 is 2.72 bits per heavy atom. The van der Waals surface area contributed by atoms with Crippen molar-refractivity contribution in [3.8, 4) is 22.9 Å². The SMILES string of the molecule is O=P(O)(O)OCn1nc(C(F)(F)F)nc1-c1nc2ncccn2c1-c1cnc[nH]1. The van der Waals surface area contributed by atoms with Gasteiger partial charge in [-0.25, -0.2) is 29.2 Å². The lowest BCUT2D eigenvalue weighted by Gasteiger charge is -2.07. The smallest absolute Gasteiger partial charge is 0.343 e. The zero-order chi connectivity index (χ0) is 20.8. The lowest BCUT2D eigenvalue weighted by atomic mass is 10.2. The van der Waals surface area contributed by atoms with Crippen molar-refractivity contribution in [1.82, 2.24) is 39.1 Å². The van der Waals surface area contributed by atoms with Crippen molar-refractivity contribution < 1.29 is 32.0 Å². The van der Waals surface area contributed by atoms with Crippen LogP contribution in [0, 0.1) is 0 Å². The first-order valence-corrected chi connectivity index (χ1v) is 9.21. The van der Waals surface area contributed by atoms with Crippen LogP contribution in [-0.4, -0.2) is 48.9 Å². The molecule has 0 aromatic carbocycles. The Balaban J connectivity index is 1.94. The summed E-state index contributed by atoms with van der Waals surface area (Å²) < 4.78 is 56.8. The van der Waals surface area contributed by atoms with Crippen LogP contribution in [0.15, 0.2) is 31.0 Å². The highest BCUT2D eigenvalue weighted by Gasteiger charge is 2.38. The lowest BCUT2D eigenvalue weighted by Crippen LogP contribution is -2.10. The number of fused-ring (bicyclic) bond motifs is 1. The third kappa shape index (κ3) is 3.75. The van der Waals surface area contributed by atoms with Crippen LogP contribution in [0.4, 0.5) is 13.2 Å². The summed E-state index contributed by atoms with van der Waals surface area (Å²) in [6.45, 7) is -0.994. The lowest BCUT2D eigenvalue weighted by molar-refractivity contribution is -0.145. The quantitative estimate of drug-likeness (QED) is 0.399. The molecule has 0 saturated heterocycles. The molecule has 152 valence electrons. The van der Waals surface area contributed by atoms with Gasteiger partial charge in [-0.05, 0) is 6.07 Å². The van der Waals surface area contributed by atoms with Gasteiger partial charge in [-0.15, -0.1) is 5.10 Å². The van der Waals surface area contributed by atoms with Crippen molar-refractivity contribution in [2.45, 2.75) is 12.9 Å². The van der Waals surface area contributed by atoms with Crippen LogP contribution in [-0.2, 0) is 22.0 Å². The Hall–Kier alpha value is -3.13. The molecule has 0 radical (unpaired) electrons. The van der Waals surface area contributed by atoms with Gasteiger partial charge in [-0.2, -0.15) is 13.2 Å². The van der Waals surface area contributed by atoms with E-state index in [4.69, 9.17) is 9.79 Å². The number of phosphoric acid groups is 1. The van der Waals surface area contributed by atoms with Gasteiger partial charge in [-0.3, -0.25) is 8.92 Å². The first-order valence-electron chi connectivity index (χ1n) is 7.68. The van der Waals surface area contributed by atoms with E-state index >= 15 is 0 Å². The van der Waals surface area contributed by atoms with Crippen LogP contribution in [0.25, 0.3) is 28.7 Å². The van der Waals surface area contributed by atoms with E-state index < -0.39 is 32.4 Å². The number of halogens is 3. The molecule has 0 unspecified atom stereocenters. The summed E-state index contributed by atoms with van der Waals surface area (Å²) in [4.78, 5) is 36.2. The fourth-order valence-corrected chi connectivity index (χ4v) is 2.80. The highest BCUT2D eigenvalue weighted by Crippen LogP contribution is 2.38. The minimum Gasteiger partial charge on any atom is -0.343 e. The Kier molecular flexibility index (Phi) is 4.46. The molecule has 12 nitrogen and oxygen atoms in total. The molecule has 4 aromatic heterocycles. The summed E-state index contributed by atoms with van der Waals surface area (Å²) in [5.74, 6) is -1.81. The minimum atomic E-state index is -4.99. The number of hydrogen-bond acceptors (Lipinski definition) is 7. The van der Waals surface area contributed by atoms with E-state index in [0.717, 1.165) is 0 Å². The molecule has 0 bridgehead atoms. The molecule has 0 saturated carbocycles. The second kappa shape index (κ2) is 6.73. The molecule has 0 aliphatic rings. The summed E-state index contributed by atoms with van der Waals surface area (Å²) >= 11 is 0. The highest BCUT2D eigenvalue weighted by atomic mass is 31.2. The van der Waals surface area contributed by atoms with E-state index in [0.29, 0.717) is 10.4 Å². The van der Waals surface area contributed by atoms with Crippen molar-refractivity contribution in [3.63, 3.8) is 0 Å². The van der Waals surface area contributed by atoms with E-state index in [1.165, 1.54) is 23.1 Å². The predicted molar refractivity (Wildman–Crippen MR) is 87.7 cm³/mol. The van der Waals surface area contributed by atoms with Crippen molar-refractivity contribution in [2.75, 3.05) is 0 Å². The topological polar surface area (TPSA) is 156 Å². The number of nitrogens with zero attached hydrogens (tertiary/aromatic N) is 7. The Morgan fingerprint density at radius 1 is 1.28 bits per heavy atom. The molecule has 0 fully saturated rings. The van der Waals surface area contributed by atoms with Crippen LogP contribution in [0.3, 0.4) is 0 Å². The molecule has 0 spiro atoms. The fraction of sp³-hybridized carbons (Fsp3) is 0.154. The van der Waals surface area contributed by atoms with E-state index in [1.54, 1.807) is 12.3 Å². The average Bonchev–Trinajstić information content (AvgIpc) is 3.35. The number of nitrogens with one attached hydrogen (secondary N) is 1. The molecular weight excluding hydrogens is 420 g/mol. The summed E-state index contributed by atoms with van der Waals surface area (Å²) in [7, 11) is -4.99. The first-order chi connectivity index (χ1) is 13.6. The van der Waals surface area contributed by atoms with Gasteiger partial charge < -0.3 is 14.8 Å². The molecule has 0 aliphatic heterocycles. The van der Waals surface area contributed by atoms with Gasteiger partial charge >= 0.3 is 14.0 Å². The van der Waals surface area contributed by atoms with Gasteiger partial charge in [0, 0.05) is 12.4 Å². The van der Waals surface area contributed by atoms with Crippen LogP contribution in [0.5, 0.6) is 0 Å². The van der Waals surface area contributed by atoms with Crippen LogP contribution >= 0.6 is 7.82 Å². The molecule has 0 amide bonds. The Labute approximate surface area is 158 Å². The molecule has 0 atom stereocenters. The number of aromatic amines is 1. The van der Waals surface area contributed by atoms with Crippen molar-refractivity contribution in [1.29, 1.82) is 0 Å². The van der Waals surface area contributed by atoms with E-state index in [1.807, 2.05) is 0 Å². The number of aromatic nitrogens is 8. The average molecular weight is 430 g/mol. The highest BCUT2D eigenvalue weighted by molar-refractivity contribution is 7.46. The van der Waals surface area contributed by atoms with Gasteiger partial charge in [0.15, 0.2) is 12.6 Å². The number of H-pyrrole nitrogens is 1. The van der Waals surface area contributed by atoms with Crippen LogP contribution < -0.4 is 0 Å². The van der Waals surface area contributed by atoms with Crippen LogP contribution in [0.2, 0.25) is 0 Å². The third-order valence-electron chi connectivity index (χ3n) is 3.64. The summed E-state index contributed by atoms with van der Waals surface area (Å²) in [5, 5.41) is 3.27. The molecular formula is C13H10F3N8O4P. The van der Waals surface area contributed by atoms with Gasteiger partial charge in [0.1, 0.15) is 11.4 Å². The molecule has 4 rings (SSSR count). The maximum Gasteiger partial charge on any atom is 0.471 e. The number of alkyl halides is 3. The molecule has 4 aromatic rings. The predicted octanol–water partition coefficient (Wildman–Crippen LogP) is 1.46. The number of rotatable bonds is 5. The monoisotopic (exact) mass is 430 g/mol. The molecule has 16 heteroatoms. The van der Waals surface area contributed by atoms with Gasteiger partial charge in [0.2, 0.25) is 5.78 Å². The molecule has 3 N–H and O–H groups in total. The number of phosphoric ester groups is 1. The zero-order valence-corrected chi connectivity index (χ0v) is 14.9. The van der Waals surface area contributed by atoms with E-state index in [9.17, 15) is 17.7 Å². The van der Waals surface area contributed by atoms with E-state index in [2.05, 4.69) is 34.5 Å². The van der Waals surface area contributed by atoms with Crippen molar-refractivity contribution >= 4 is 13.6 Å². The summed E-state index contributed by atoms with van der Waals surface area (Å²) in [6.07, 6.45) is 0.876. The summed E-state index contributed by atoms with van der Waals surface area (Å²) in [5.41, 5.74) is 0.578. The normalized spacial score (nSPS) is 12.7. The Bertz CT molecular complexity index is 1210. The van der Waals surface area contributed by atoms with Gasteiger partial charge in [0.05, 0.1) is 18.2 Å². The minimum absolute atomic E-state index is 0.0785. The maximum absolute atomic E-state index is 13.2. The molecule has 4 heterocycles. The molecule has 0 aliphatic carbocycles. The largest absolute Gasteiger partial charge is 0.471 e. The fourth-order valence-electron chi connectivity index (χ4n) is 2.54. The molecule has 29 heavy (non-hydrogen) atoms.